The van der Waals surface area contributed by atoms with Gasteiger partial charge in [0.15, 0.2) is 0 Å². The normalized spacial score (nSPS) is 14.8. The molecular weight excluding hydrogens is 210 g/mol. The average molecular weight is 235 g/mol. The Hall–Kier alpha value is -1.02. The minimum atomic E-state index is 0.0384. The molecule has 1 rings (SSSR count). The van der Waals surface area contributed by atoms with Crippen LogP contribution in [0.3, 0.4) is 0 Å². The number of benzene rings is 1. The maximum atomic E-state index is 6.36. The second kappa shape index (κ2) is 6.06. The minimum absolute atomic E-state index is 0.0384. The molecule has 2 nitrogen and oxygen atoms in total. The Morgan fingerprint density at radius 1 is 1.24 bits per heavy atom. The first-order chi connectivity index (χ1) is 7.97. The number of hydrogen-bond acceptors (Lipinski definition) is 2. The van der Waals surface area contributed by atoms with E-state index in [9.17, 15) is 0 Å². The number of ether oxygens (including phenoxy) is 1. The summed E-state index contributed by atoms with van der Waals surface area (Å²) in [6.07, 6.45) is 0. The van der Waals surface area contributed by atoms with Gasteiger partial charge in [0.05, 0.1) is 6.61 Å². The van der Waals surface area contributed by atoms with Crippen LogP contribution in [0.2, 0.25) is 0 Å². The van der Waals surface area contributed by atoms with Crippen LogP contribution in [0, 0.1) is 18.8 Å². The third-order valence-corrected chi connectivity index (χ3v) is 3.44. The van der Waals surface area contributed by atoms with E-state index in [4.69, 9.17) is 10.5 Å². The van der Waals surface area contributed by atoms with Gasteiger partial charge in [0.2, 0.25) is 0 Å². The lowest BCUT2D eigenvalue weighted by atomic mass is 9.86. The predicted molar refractivity (Wildman–Crippen MR) is 73.3 cm³/mol. The molecule has 0 aliphatic carbocycles. The summed E-state index contributed by atoms with van der Waals surface area (Å²) in [5.41, 5.74) is 8.72. The third-order valence-electron chi connectivity index (χ3n) is 3.44. The molecule has 2 heteroatoms. The zero-order valence-electron chi connectivity index (χ0n) is 11.7. The van der Waals surface area contributed by atoms with E-state index in [2.05, 4.69) is 39.8 Å². The van der Waals surface area contributed by atoms with Crippen molar-refractivity contribution in [1.29, 1.82) is 0 Å². The van der Waals surface area contributed by atoms with Gasteiger partial charge in [-0.25, -0.2) is 0 Å². The van der Waals surface area contributed by atoms with Crippen LogP contribution in [0.4, 0.5) is 0 Å². The summed E-state index contributed by atoms with van der Waals surface area (Å²) in [4.78, 5) is 0. The van der Waals surface area contributed by atoms with E-state index in [0.717, 1.165) is 11.3 Å². The van der Waals surface area contributed by atoms with Crippen LogP contribution in [0.15, 0.2) is 18.2 Å². The molecule has 0 saturated heterocycles. The van der Waals surface area contributed by atoms with Crippen LogP contribution in [0.1, 0.15) is 44.9 Å². The Bertz CT molecular complexity index is 360. The maximum absolute atomic E-state index is 6.36. The number of rotatable bonds is 5. The van der Waals surface area contributed by atoms with Crippen LogP contribution in [0.5, 0.6) is 5.75 Å². The van der Waals surface area contributed by atoms with Gasteiger partial charge in [-0.2, -0.15) is 0 Å². The van der Waals surface area contributed by atoms with Crippen molar-refractivity contribution in [2.24, 2.45) is 17.6 Å². The van der Waals surface area contributed by atoms with Crippen molar-refractivity contribution in [2.75, 3.05) is 6.61 Å². The Labute approximate surface area is 105 Å². The second-order valence-corrected chi connectivity index (χ2v) is 5.10. The third kappa shape index (κ3) is 3.47. The lowest BCUT2D eigenvalue weighted by Crippen LogP contribution is -2.23. The molecule has 0 radical (unpaired) electrons. The largest absolute Gasteiger partial charge is 0.494 e. The van der Waals surface area contributed by atoms with E-state index < -0.39 is 0 Å². The van der Waals surface area contributed by atoms with Gasteiger partial charge in [0, 0.05) is 11.6 Å². The molecule has 0 fully saturated rings. The highest BCUT2D eigenvalue weighted by molar-refractivity contribution is 5.39. The highest BCUT2D eigenvalue weighted by atomic mass is 16.5. The minimum Gasteiger partial charge on any atom is -0.494 e. The van der Waals surface area contributed by atoms with Gasteiger partial charge in [0.25, 0.3) is 0 Å². The summed E-state index contributed by atoms with van der Waals surface area (Å²) in [6, 6.07) is 6.29. The van der Waals surface area contributed by atoms with Crippen LogP contribution in [-0.4, -0.2) is 6.61 Å². The molecule has 0 aliphatic rings. The molecule has 17 heavy (non-hydrogen) atoms. The van der Waals surface area contributed by atoms with E-state index in [-0.39, 0.29) is 6.04 Å². The summed E-state index contributed by atoms with van der Waals surface area (Å²) in [6.45, 7) is 11.4. The topological polar surface area (TPSA) is 35.2 Å². The lowest BCUT2D eigenvalue weighted by Gasteiger charge is -2.25. The first-order valence-electron chi connectivity index (χ1n) is 6.46. The fourth-order valence-corrected chi connectivity index (χ4v) is 1.91. The van der Waals surface area contributed by atoms with Gasteiger partial charge in [-0.15, -0.1) is 0 Å². The van der Waals surface area contributed by atoms with Crippen molar-refractivity contribution in [3.8, 4) is 5.75 Å². The van der Waals surface area contributed by atoms with Crippen LogP contribution in [0.25, 0.3) is 0 Å². The zero-order chi connectivity index (χ0) is 13.0. The molecule has 0 spiro atoms. The van der Waals surface area contributed by atoms with Crippen molar-refractivity contribution in [3.63, 3.8) is 0 Å². The van der Waals surface area contributed by atoms with Gasteiger partial charge >= 0.3 is 0 Å². The summed E-state index contributed by atoms with van der Waals surface area (Å²) < 4.78 is 5.66. The summed E-state index contributed by atoms with van der Waals surface area (Å²) >= 11 is 0. The van der Waals surface area contributed by atoms with Crippen molar-refractivity contribution >= 4 is 0 Å². The van der Waals surface area contributed by atoms with Crippen molar-refractivity contribution in [1.82, 2.24) is 0 Å². The van der Waals surface area contributed by atoms with E-state index in [1.165, 1.54) is 5.56 Å². The van der Waals surface area contributed by atoms with Crippen LogP contribution in [-0.2, 0) is 0 Å². The maximum Gasteiger partial charge on any atom is 0.124 e. The Kier molecular flexibility index (Phi) is 5.01. The van der Waals surface area contributed by atoms with Crippen LogP contribution < -0.4 is 10.5 Å². The molecule has 1 aromatic rings. The molecule has 0 aromatic heterocycles. The molecule has 2 unspecified atom stereocenters. The first kappa shape index (κ1) is 14.0. The fourth-order valence-electron chi connectivity index (χ4n) is 1.91. The lowest BCUT2D eigenvalue weighted by molar-refractivity contribution is 0.313. The molecule has 0 amide bonds. The van der Waals surface area contributed by atoms with Crippen molar-refractivity contribution in [3.05, 3.63) is 29.3 Å². The van der Waals surface area contributed by atoms with Gasteiger partial charge in [0.1, 0.15) is 5.75 Å². The molecule has 96 valence electrons. The molecule has 2 N–H and O–H groups in total. The van der Waals surface area contributed by atoms with Gasteiger partial charge in [-0.05, 0) is 31.7 Å². The predicted octanol–water partition coefficient (Wildman–Crippen LogP) is 3.69. The molecule has 0 bridgehead atoms. The Balaban J connectivity index is 3.05. The highest BCUT2D eigenvalue weighted by Crippen LogP contribution is 2.32. The molecule has 1 aromatic carbocycles. The Morgan fingerprint density at radius 2 is 1.88 bits per heavy atom. The molecule has 0 saturated carbocycles. The van der Waals surface area contributed by atoms with Gasteiger partial charge < -0.3 is 10.5 Å². The van der Waals surface area contributed by atoms with E-state index >= 15 is 0 Å². The SMILES string of the molecule is CCOc1ccc(C)cc1C(N)C(C)C(C)C. The van der Waals surface area contributed by atoms with Gasteiger partial charge in [-0.1, -0.05) is 38.5 Å². The van der Waals surface area contributed by atoms with E-state index in [0.29, 0.717) is 18.4 Å². The quantitative estimate of drug-likeness (QED) is 0.845. The monoisotopic (exact) mass is 235 g/mol. The van der Waals surface area contributed by atoms with E-state index in [1.54, 1.807) is 0 Å². The molecular formula is C15H25NO. The smallest absolute Gasteiger partial charge is 0.124 e. The number of hydrogen-bond donors (Lipinski definition) is 1. The molecule has 0 aliphatic heterocycles. The van der Waals surface area contributed by atoms with Gasteiger partial charge in [-0.3, -0.25) is 0 Å². The average Bonchev–Trinajstić information content (AvgIpc) is 2.29. The summed E-state index contributed by atoms with van der Waals surface area (Å²) in [5.74, 6) is 1.94. The van der Waals surface area contributed by atoms with Crippen molar-refractivity contribution < 1.29 is 4.74 Å². The van der Waals surface area contributed by atoms with Crippen molar-refractivity contribution in [2.45, 2.75) is 40.7 Å². The second-order valence-electron chi connectivity index (χ2n) is 5.10. The molecule has 2 atom stereocenters. The number of nitrogens with two attached hydrogens (primary N) is 1. The first-order valence-corrected chi connectivity index (χ1v) is 6.46. The Morgan fingerprint density at radius 3 is 2.41 bits per heavy atom. The highest BCUT2D eigenvalue weighted by Gasteiger charge is 2.21. The zero-order valence-corrected chi connectivity index (χ0v) is 11.7. The van der Waals surface area contributed by atoms with E-state index in [1.807, 2.05) is 13.0 Å². The number of aryl methyl sites for hydroxylation is 1. The van der Waals surface area contributed by atoms with Crippen LogP contribution >= 0.6 is 0 Å². The standard InChI is InChI=1S/C15H25NO/c1-6-17-14-8-7-11(4)9-13(14)15(16)12(5)10(2)3/h7-10,12,15H,6,16H2,1-5H3. The fraction of sp³-hybridized carbons (Fsp3) is 0.600. The molecule has 0 heterocycles. The summed E-state index contributed by atoms with van der Waals surface area (Å²) in [7, 11) is 0. The summed E-state index contributed by atoms with van der Waals surface area (Å²) in [5, 5.41) is 0.